The van der Waals surface area contributed by atoms with Gasteiger partial charge in [0.05, 0.1) is 23.4 Å². The maximum absolute atomic E-state index is 12.2. The number of hydrogen-bond acceptors (Lipinski definition) is 7. The highest BCUT2D eigenvalue weighted by atomic mass is 16.6. The zero-order valence-corrected chi connectivity index (χ0v) is 15.4. The van der Waals surface area contributed by atoms with E-state index < -0.39 is 22.6 Å². The number of nitro benzene ring substituents is 1. The Hall–Kier alpha value is -3.43. The number of carbonyl (C=O) groups excluding carboxylic acids is 2. The molecule has 0 aliphatic carbocycles. The van der Waals surface area contributed by atoms with E-state index >= 15 is 0 Å². The number of aromatic nitrogens is 2. The molecule has 0 unspecified atom stereocenters. The number of non-ortho nitro benzene ring substituents is 1. The molecule has 0 bridgehead atoms. The molecule has 1 N–H and O–H groups in total. The fourth-order valence-electron chi connectivity index (χ4n) is 2.14. The number of ether oxygens (including phenoxy) is 2. The molecule has 0 fully saturated rings. The van der Waals surface area contributed by atoms with Crippen molar-refractivity contribution in [3.8, 4) is 5.69 Å². The summed E-state index contributed by atoms with van der Waals surface area (Å²) in [5.41, 5.74) is -0.409. The van der Waals surface area contributed by atoms with Crippen molar-refractivity contribution in [3.63, 3.8) is 0 Å². The van der Waals surface area contributed by atoms with Crippen LogP contribution in [0.15, 0.2) is 30.5 Å². The van der Waals surface area contributed by atoms with Crippen LogP contribution >= 0.6 is 0 Å². The Bertz CT molecular complexity index is 851. The third-order valence-corrected chi connectivity index (χ3v) is 3.19. The number of nitro groups is 1. The molecule has 0 spiro atoms. The van der Waals surface area contributed by atoms with E-state index in [9.17, 15) is 19.7 Å². The lowest BCUT2D eigenvalue weighted by Crippen LogP contribution is -2.28. The molecule has 0 atom stereocenters. The van der Waals surface area contributed by atoms with Crippen LogP contribution in [-0.4, -0.2) is 39.0 Å². The number of nitrogens with one attached hydrogen (secondary N) is 1. The number of anilines is 1. The zero-order chi connectivity index (χ0) is 20.2. The summed E-state index contributed by atoms with van der Waals surface area (Å²) in [7, 11) is 0. The molecule has 144 valence electrons. The highest BCUT2D eigenvalue weighted by Gasteiger charge is 2.24. The van der Waals surface area contributed by atoms with E-state index in [2.05, 4.69) is 10.4 Å². The van der Waals surface area contributed by atoms with Crippen molar-refractivity contribution in [2.75, 3.05) is 11.9 Å². The van der Waals surface area contributed by atoms with E-state index in [-0.39, 0.29) is 23.7 Å². The molecular weight excluding hydrogens is 356 g/mol. The second kappa shape index (κ2) is 7.85. The molecule has 2 rings (SSSR count). The molecule has 2 aromatic rings. The van der Waals surface area contributed by atoms with Crippen LogP contribution in [0.3, 0.4) is 0 Å². The molecule has 1 heterocycles. The monoisotopic (exact) mass is 376 g/mol. The van der Waals surface area contributed by atoms with Gasteiger partial charge in [0, 0.05) is 12.1 Å². The SMILES string of the molecule is CCOC(=O)c1cnn(-c2ccc([N+](=O)[O-])cc2)c1NC(=O)OC(C)(C)C. The van der Waals surface area contributed by atoms with Crippen LogP contribution in [-0.2, 0) is 9.47 Å². The summed E-state index contributed by atoms with van der Waals surface area (Å²) in [4.78, 5) is 34.6. The molecule has 1 aromatic heterocycles. The second-order valence-corrected chi connectivity index (χ2v) is 6.44. The van der Waals surface area contributed by atoms with Gasteiger partial charge in [-0.2, -0.15) is 5.10 Å². The van der Waals surface area contributed by atoms with Crippen molar-refractivity contribution >= 4 is 23.6 Å². The van der Waals surface area contributed by atoms with Gasteiger partial charge in [-0.25, -0.2) is 14.3 Å². The zero-order valence-electron chi connectivity index (χ0n) is 15.4. The Labute approximate surface area is 155 Å². The van der Waals surface area contributed by atoms with Gasteiger partial charge in [-0.05, 0) is 39.8 Å². The van der Waals surface area contributed by atoms with Gasteiger partial charge in [0.15, 0.2) is 5.82 Å². The van der Waals surface area contributed by atoms with Gasteiger partial charge in [0.1, 0.15) is 11.2 Å². The summed E-state index contributed by atoms with van der Waals surface area (Å²) in [6.07, 6.45) is 0.461. The number of amides is 1. The minimum atomic E-state index is -0.781. The van der Waals surface area contributed by atoms with Crippen LogP contribution in [0.1, 0.15) is 38.1 Å². The number of nitrogens with zero attached hydrogens (tertiary/aromatic N) is 3. The van der Waals surface area contributed by atoms with E-state index in [0.717, 1.165) is 0 Å². The summed E-state index contributed by atoms with van der Waals surface area (Å²) in [6, 6.07) is 5.47. The molecule has 10 heteroatoms. The van der Waals surface area contributed by atoms with Gasteiger partial charge in [-0.15, -0.1) is 0 Å². The second-order valence-electron chi connectivity index (χ2n) is 6.44. The number of benzene rings is 1. The molecule has 0 aliphatic rings. The van der Waals surface area contributed by atoms with Gasteiger partial charge in [0.2, 0.25) is 0 Å². The van der Waals surface area contributed by atoms with Gasteiger partial charge in [-0.1, -0.05) is 0 Å². The first-order valence-corrected chi connectivity index (χ1v) is 8.12. The maximum atomic E-state index is 12.2. The number of carbonyl (C=O) groups is 2. The fourth-order valence-corrected chi connectivity index (χ4v) is 2.14. The smallest absolute Gasteiger partial charge is 0.413 e. The lowest BCUT2D eigenvalue weighted by Gasteiger charge is -2.20. The van der Waals surface area contributed by atoms with E-state index in [1.807, 2.05) is 0 Å². The minimum absolute atomic E-state index is 0.0288. The summed E-state index contributed by atoms with van der Waals surface area (Å²) >= 11 is 0. The summed E-state index contributed by atoms with van der Waals surface area (Å²) in [5, 5.41) is 17.4. The predicted octanol–water partition coefficient (Wildman–Crippen LogP) is 3.30. The molecule has 0 saturated carbocycles. The summed E-state index contributed by atoms with van der Waals surface area (Å²) in [5.74, 6) is -0.631. The predicted molar refractivity (Wildman–Crippen MR) is 96.0 cm³/mol. The number of rotatable bonds is 5. The van der Waals surface area contributed by atoms with E-state index in [4.69, 9.17) is 9.47 Å². The molecule has 1 amide bonds. The summed E-state index contributed by atoms with van der Waals surface area (Å²) in [6.45, 7) is 6.90. The normalized spacial score (nSPS) is 11.0. The largest absolute Gasteiger partial charge is 0.462 e. The molecular formula is C17H20N4O6. The highest BCUT2D eigenvalue weighted by molar-refractivity contribution is 5.99. The van der Waals surface area contributed by atoms with Crippen LogP contribution in [0, 0.1) is 10.1 Å². The molecule has 0 aliphatic heterocycles. The Kier molecular flexibility index (Phi) is 5.78. The van der Waals surface area contributed by atoms with Crippen LogP contribution < -0.4 is 5.32 Å². The van der Waals surface area contributed by atoms with Crippen molar-refractivity contribution in [2.24, 2.45) is 0 Å². The Morgan fingerprint density at radius 2 is 1.89 bits per heavy atom. The third-order valence-electron chi connectivity index (χ3n) is 3.19. The first kappa shape index (κ1) is 19.9. The Balaban J connectivity index is 2.43. The van der Waals surface area contributed by atoms with Crippen molar-refractivity contribution in [3.05, 3.63) is 46.1 Å². The summed E-state index contributed by atoms with van der Waals surface area (Å²) < 4.78 is 11.5. The third kappa shape index (κ3) is 5.03. The van der Waals surface area contributed by atoms with Crippen molar-refractivity contribution in [1.82, 2.24) is 9.78 Å². The first-order chi connectivity index (χ1) is 12.6. The average molecular weight is 376 g/mol. The first-order valence-electron chi connectivity index (χ1n) is 8.12. The molecule has 27 heavy (non-hydrogen) atoms. The topological polar surface area (TPSA) is 126 Å². The van der Waals surface area contributed by atoms with Gasteiger partial charge < -0.3 is 9.47 Å². The standard InChI is InChI=1S/C17H20N4O6/c1-5-26-15(22)13-10-18-20(11-6-8-12(9-7-11)21(24)25)14(13)19-16(23)27-17(2,3)4/h6-10H,5H2,1-4H3,(H,19,23). The van der Waals surface area contributed by atoms with E-state index in [0.29, 0.717) is 5.69 Å². The van der Waals surface area contributed by atoms with Crippen molar-refractivity contribution < 1.29 is 24.0 Å². The highest BCUT2D eigenvalue weighted by Crippen LogP contribution is 2.24. The van der Waals surface area contributed by atoms with Crippen molar-refractivity contribution in [1.29, 1.82) is 0 Å². The maximum Gasteiger partial charge on any atom is 0.413 e. The fraction of sp³-hybridized carbons (Fsp3) is 0.353. The lowest BCUT2D eigenvalue weighted by molar-refractivity contribution is -0.384. The van der Waals surface area contributed by atoms with E-state index in [1.165, 1.54) is 35.1 Å². The van der Waals surface area contributed by atoms with Gasteiger partial charge in [0.25, 0.3) is 5.69 Å². The molecule has 1 aromatic carbocycles. The van der Waals surface area contributed by atoms with Crippen molar-refractivity contribution in [2.45, 2.75) is 33.3 Å². The Morgan fingerprint density at radius 1 is 1.26 bits per heavy atom. The van der Waals surface area contributed by atoms with Crippen LogP contribution in [0.4, 0.5) is 16.3 Å². The van der Waals surface area contributed by atoms with E-state index in [1.54, 1.807) is 27.7 Å². The van der Waals surface area contributed by atoms with Crippen LogP contribution in [0.25, 0.3) is 5.69 Å². The Morgan fingerprint density at radius 3 is 2.41 bits per heavy atom. The molecule has 0 radical (unpaired) electrons. The quantitative estimate of drug-likeness (QED) is 0.482. The molecule has 10 nitrogen and oxygen atoms in total. The van der Waals surface area contributed by atoms with Crippen LogP contribution in [0.5, 0.6) is 0 Å². The average Bonchev–Trinajstić information content (AvgIpc) is 2.96. The van der Waals surface area contributed by atoms with Gasteiger partial charge >= 0.3 is 12.1 Å². The van der Waals surface area contributed by atoms with Gasteiger partial charge in [-0.3, -0.25) is 15.4 Å². The lowest BCUT2D eigenvalue weighted by atomic mass is 10.2. The van der Waals surface area contributed by atoms with Crippen LogP contribution in [0.2, 0.25) is 0 Å². The molecule has 0 saturated heterocycles. The number of esters is 1. The number of hydrogen-bond donors (Lipinski definition) is 1. The minimum Gasteiger partial charge on any atom is -0.462 e.